The lowest BCUT2D eigenvalue weighted by molar-refractivity contribution is -0.286. The van der Waals surface area contributed by atoms with E-state index in [0.29, 0.717) is 0 Å². The highest BCUT2D eigenvalue weighted by Crippen LogP contribution is 2.47. The molecule has 0 saturated heterocycles. The quantitative estimate of drug-likeness (QED) is 0.420. The molecule has 3 heterocycles. The highest BCUT2D eigenvalue weighted by molar-refractivity contribution is 6.32. The molecule has 1 aliphatic rings. The molecule has 3 aromatic rings. The normalized spacial score (nSPS) is 13.7. The van der Waals surface area contributed by atoms with Crippen LogP contribution in [0.2, 0.25) is 5.02 Å². The Kier molecular flexibility index (Phi) is 6.86. The fourth-order valence-electron chi connectivity index (χ4n) is 3.47. The lowest BCUT2D eigenvalue weighted by atomic mass is 10.0. The van der Waals surface area contributed by atoms with Gasteiger partial charge in [0, 0.05) is 18.3 Å². The minimum absolute atomic E-state index is 0.0294. The smallest absolute Gasteiger partial charge is 0.415 e. The predicted octanol–water partition coefficient (Wildman–Crippen LogP) is 4.54. The fourth-order valence-corrected chi connectivity index (χ4v) is 3.67. The van der Waals surface area contributed by atoms with Gasteiger partial charge in [0.25, 0.3) is 11.8 Å². The Bertz CT molecular complexity index is 1380. The van der Waals surface area contributed by atoms with Crippen LogP contribution in [-0.2, 0) is 0 Å². The topological polar surface area (TPSA) is 117 Å². The van der Waals surface area contributed by atoms with Crippen LogP contribution < -0.4 is 24.8 Å². The van der Waals surface area contributed by atoms with Crippen LogP contribution in [0.3, 0.4) is 0 Å². The molecule has 2 aromatic heterocycles. The van der Waals surface area contributed by atoms with Gasteiger partial charge in [-0.2, -0.15) is 8.78 Å². The van der Waals surface area contributed by atoms with E-state index in [2.05, 4.69) is 34.9 Å². The van der Waals surface area contributed by atoms with Gasteiger partial charge in [-0.25, -0.2) is 9.67 Å². The number of aromatic nitrogens is 3. The van der Waals surface area contributed by atoms with Crippen molar-refractivity contribution in [2.75, 3.05) is 5.32 Å². The number of anilines is 1. The molecule has 2 N–H and O–H groups in total. The lowest BCUT2D eigenvalue weighted by Gasteiger charge is -2.17. The molecule has 0 radical (unpaired) electrons. The SMILES string of the molecule is Cc1cc2c(c(C(=O)NC(C)C)c1NC(=O)c1cc(OC(F)F)nn1-c1ncccc1Cl)OC(F)(F)O2. The molecule has 4 rings (SSSR count). The summed E-state index contributed by atoms with van der Waals surface area (Å²) in [5, 5.41) is 8.85. The molecule has 10 nitrogen and oxygen atoms in total. The van der Waals surface area contributed by atoms with Gasteiger partial charge in [-0.15, -0.1) is 13.9 Å². The van der Waals surface area contributed by atoms with Gasteiger partial charge in [0.05, 0.1) is 10.7 Å². The minimum Gasteiger partial charge on any atom is -0.415 e. The Labute approximate surface area is 211 Å². The fraction of sp³-hybridized carbons (Fsp3) is 0.273. The van der Waals surface area contributed by atoms with E-state index in [1.807, 2.05) is 0 Å². The molecule has 15 heteroatoms. The van der Waals surface area contributed by atoms with E-state index in [-0.39, 0.29) is 27.8 Å². The number of fused-ring (bicyclic) bond motifs is 1. The minimum atomic E-state index is -4.04. The van der Waals surface area contributed by atoms with Crippen LogP contribution in [0.25, 0.3) is 5.82 Å². The van der Waals surface area contributed by atoms with Crippen molar-refractivity contribution in [2.45, 2.75) is 39.7 Å². The first-order chi connectivity index (χ1) is 17.4. The van der Waals surface area contributed by atoms with Gasteiger partial charge in [-0.1, -0.05) is 11.6 Å². The summed E-state index contributed by atoms with van der Waals surface area (Å²) < 4.78 is 67.6. The first kappa shape index (κ1) is 26.0. The number of ether oxygens (including phenoxy) is 3. The summed E-state index contributed by atoms with van der Waals surface area (Å²) in [7, 11) is 0. The summed E-state index contributed by atoms with van der Waals surface area (Å²) in [5.74, 6) is -3.53. The van der Waals surface area contributed by atoms with E-state index in [0.717, 1.165) is 16.8 Å². The van der Waals surface area contributed by atoms with Gasteiger partial charge in [-0.3, -0.25) is 9.59 Å². The molecule has 0 aliphatic carbocycles. The zero-order chi connectivity index (χ0) is 27.1. The van der Waals surface area contributed by atoms with E-state index >= 15 is 0 Å². The van der Waals surface area contributed by atoms with Crippen molar-refractivity contribution in [3.05, 3.63) is 52.3 Å². The number of hydrogen-bond acceptors (Lipinski definition) is 7. The van der Waals surface area contributed by atoms with E-state index < -0.39 is 53.7 Å². The number of benzene rings is 1. The maximum Gasteiger partial charge on any atom is 0.586 e. The number of amides is 2. The highest BCUT2D eigenvalue weighted by atomic mass is 35.5. The van der Waals surface area contributed by atoms with Gasteiger partial charge in [0.2, 0.25) is 5.88 Å². The third-order valence-corrected chi connectivity index (χ3v) is 5.14. The number of aryl methyl sites for hydroxylation is 1. The largest absolute Gasteiger partial charge is 0.586 e. The molecular weight excluding hydrogens is 526 g/mol. The van der Waals surface area contributed by atoms with Crippen LogP contribution in [0.1, 0.15) is 40.3 Å². The summed E-state index contributed by atoms with van der Waals surface area (Å²) in [6.45, 7) is 1.46. The van der Waals surface area contributed by atoms with Crippen molar-refractivity contribution < 1.29 is 41.4 Å². The van der Waals surface area contributed by atoms with Gasteiger partial charge in [0.15, 0.2) is 17.3 Å². The molecule has 1 aliphatic heterocycles. The Morgan fingerprint density at radius 2 is 1.92 bits per heavy atom. The Balaban J connectivity index is 1.81. The monoisotopic (exact) mass is 543 g/mol. The molecule has 37 heavy (non-hydrogen) atoms. The van der Waals surface area contributed by atoms with Gasteiger partial charge in [0.1, 0.15) is 11.3 Å². The summed E-state index contributed by atoms with van der Waals surface area (Å²) in [6, 6.07) is 4.57. The third-order valence-electron chi connectivity index (χ3n) is 4.85. The highest BCUT2D eigenvalue weighted by Gasteiger charge is 2.46. The molecule has 1 aromatic carbocycles. The number of carbonyl (C=O) groups excluding carboxylic acids is 2. The summed E-state index contributed by atoms with van der Waals surface area (Å²) >= 11 is 6.14. The van der Waals surface area contributed by atoms with Crippen LogP contribution in [0, 0.1) is 6.92 Å². The number of halogens is 5. The third kappa shape index (κ3) is 5.38. The second-order valence-electron chi connectivity index (χ2n) is 7.99. The molecule has 0 unspecified atom stereocenters. The molecule has 0 bridgehead atoms. The van der Waals surface area contributed by atoms with E-state index in [9.17, 15) is 27.2 Å². The number of pyridine rings is 1. The Hall–Kier alpha value is -4.07. The number of hydrogen-bond donors (Lipinski definition) is 2. The number of nitrogens with zero attached hydrogens (tertiary/aromatic N) is 3. The zero-order valence-corrected chi connectivity index (χ0v) is 20.1. The lowest BCUT2D eigenvalue weighted by Crippen LogP contribution is -2.32. The average molecular weight is 544 g/mol. The summed E-state index contributed by atoms with van der Waals surface area (Å²) in [5.41, 5.74) is -0.832. The van der Waals surface area contributed by atoms with Crippen LogP contribution in [0.5, 0.6) is 17.4 Å². The van der Waals surface area contributed by atoms with Crippen LogP contribution in [0.15, 0.2) is 30.5 Å². The molecule has 196 valence electrons. The van der Waals surface area contributed by atoms with Crippen LogP contribution >= 0.6 is 11.6 Å². The van der Waals surface area contributed by atoms with Crippen molar-refractivity contribution in [3.8, 4) is 23.2 Å². The second kappa shape index (κ2) is 9.76. The Morgan fingerprint density at radius 3 is 2.57 bits per heavy atom. The van der Waals surface area contributed by atoms with E-state index in [1.165, 1.54) is 25.3 Å². The van der Waals surface area contributed by atoms with Crippen molar-refractivity contribution in [3.63, 3.8) is 0 Å². The van der Waals surface area contributed by atoms with Crippen molar-refractivity contribution in [1.29, 1.82) is 0 Å². The van der Waals surface area contributed by atoms with E-state index in [1.54, 1.807) is 13.8 Å². The van der Waals surface area contributed by atoms with Gasteiger partial charge < -0.3 is 24.8 Å². The summed E-state index contributed by atoms with van der Waals surface area (Å²) in [4.78, 5) is 30.4. The van der Waals surface area contributed by atoms with E-state index in [4.69, 9.17) is 11.6 Å². The second-order valence-corrected chi connectivity index (χ2v) is 8.39. The van der Waals surface area contributed by atoms with Crippen LogP contribution in [0.4, 0.5) is 23.2 Å². The molecular formula is C22H18ClF4N5O5. The van der Waals surface area contributed by atoms with Gasteiger partial charge in [-0.05, 0) is 44.5 Å². The first-order valence-electron chi connectivity index (χ1n) is 10.6. The Morgan fingerprint density at radius 1 is 1.19 bits per heavy atom. The molecule has 2 amide bonds. The number of carbonyl (C=O) groups is 2. The standard InChI is InChI=1S/C22H18ClF4N5O5/c1-9(2)29-20(34)15-16(10(3)7-13-17(15)37-22(26,27)36-13)30-19(33)12-8-14(35-21(24)25)31-32(12)18-11(23)5-4-6-28-18/h4-9,21H,1-3H3,(H,29,34)(H,30,33). The predicted molar refractivity (Wildman–Crippen MR) is 121 cm³/mol. The van der Waals surface area contributed by atoms with Crippen molar-refractivity contribution in [1.82, 2.24) is 20.1 Å². The summed E-state index contributed by atoms with van der Waals surface area (Å²) in [6.07, 6.45) is -2.71. The first-order valence-corrected chi connectivity index (χ1v) is 11.0. The maximum absolute atomic E-state index is 13.8. The average Bonchev–Trinajstić information content (AvgIpc) is 3.32. The molecule has 0 atom stereocenters. The van der Waals surface area contributed by atoms with Crippen LogP contribution in [-0.4, -0.2) is 45.5 Å². The molecule has 0 fully saturated rings. The van der Waals surface area contributed by atoms with Crippen molar-refractivity contribution in [2.24, 2.45) is 0 Å². The molecule has 0 saturated carbocycles. The molecule has 0 spiro atoms. The van der Waals surface area contributed by atoms with Crippen molar-refractivity contribution >= 4 is 29.1 Å². The number of alkyl halides is 4. The number of rotatable bonds is 7. The number of nitrogens with one attached hydrogen (secondary N) is 2. The maximum atomic E-state index is 13.8. The van der Waals surface area contributed by atoms with Gasteiger partial charge >= 0.3 is 12.9 Å². The zero-order valence-electron chi connectivity index (χ0n) is 19.3.